The van der Waals surface area contributed by atoms with E-state index in [0.29, 0.717) is 11.3 Å². The molecule has 32 heavy (non-hydrogen) atoms. The Morgan fingerprint density at radius 2 is 1.59 bits per heavy atom. The summed E-state index contributed by atoms with van der Waals surface area (Å²) < 4.78 is 39.6. The second kappa shape index (κ2) is 9.35. The molecule has 0 radical (unpaired) electrons. The highest BCUT2D eigenvalue weighted by molar-refractivity contribution is 6.01. The smallest absolute Gasteiger partial charge is 0.370 e. The van der Waals surface area contributed by atoms with Gasteiger partial charge in [0, 0.05) is 31.5 Å². The second-order valence-electron chi connectivity index (χ2n) is 8.59. The zero-order valence-corrected chi connectivity index (χ0v) is 17.9. The molecule has 0 atom stereocenters. The monoisotopic (exact) mass is 444 g/mol. The molecule has 0 bridgehead atoms. The first-order valence-corrected chi connectivity index (χ1v) is 11.2. The number of rotatable bonds is 6. The Kier molecular flexibility index (Phi) is 6.53. The van der Waals surface area contributed by atoms with Crippen LogP contribution in [0.25, 0.3) is 0 Å². The molecule has 1 N–H and O–H groups in total. The molecular formula is C25H27F3N2O2. The zero-order valence-electron chi connectivity index (χ0n) is 17.9. The summed E-state index contributed by atoms with van der Waals surface area (Å²) in [6, 6.07) is 9.17. The van der Waals surface area contributed by atoms with Crippen molar-refractivity contribution in [2.24, 2.45) is 0 Å². The number of hydrogen-bond donors (Lipinski definition) is 1. The maximum absolute atomic E-state index is 13.2. The minimum absolute atomic E-state index is 0.0165. The lowest BCUT2D eigenvalue weighted by Crippen LogP contribution is -2.22. The standard InChI is InChI=1S/C25H27F3N2O2/c26-25(27,28)20-9-10-22(30-13-3-4-14-30)21(16-20)29-24(32)12-11-23(31)19-8-7-17-5-1-2-6-18(17)15-19/h7-10,15-16H,1-6,11-14H2,(H,29,32). The third-order valence-corrected chi connectivity index (χ3v) is 6.29. The van der Waals surface area contributed by atoms with Crippen molar-refractivity contribution in [3.63, 3.8) is 0 Å². The molecular weight excluding hydrogens is 417 g/mol. The first kappa shape index (κ1) is 22.4. The molecule has 1 saturated heterocycles. The summed E-state index contributed by atoms with van der Waals surface area (Å²) >= 11 is 0. The molecule has 4 rings (SSSR count). The minimum atomic E-state index is -4.49. The Labute approximate surface area is 185 Å². The largest absolute Gasteiger partial charge is 0.416 e. The summed E-state index contributed by atoms with van der Waals surface area (Å²) in [6.45, 7) is 1.48. The van der Waals surface area contributed by atoms with Crippen molar-refractivity contribution < 1.29 is 22.8 Å². The molecule has 0 saturated carbocycles. The second-order valence-corrected chi connectivity index (χ2v) is 8.59. The van der Waals surface area contributed by atoms with Gasteiger partial charge in [-0.2, -0.15) is 13.2 Å². The topological polar surface area (TPSA) is 49.4 Å². The average Bonchev–Trinajstić information content (AvgIpc) is 3.31. The molecule has 0 spiro atoms. The van der Waals surface area contributed by atoms with Crippen LogP contribution in [0.5, 0.6) is 0 Å². The number of halogens is 3. The van der Waals surface area contributed by atoms with E-state index in [9.17, 15) is 22.8 Å². The number of aryl methyl sites for hydroxylation is 2. The first-order chi connectivity index (χ1) is 15.3. The Hall–Kier alpha value is -2.83. The van der Waals surface area contributed by atoms with Crippen molar-refractivity contribution in [3.05, 3.63) is 58.7 Å². The number of nitrogens with one attached hydrogen (secondary N) is 1. The minimum Gasteiger partial charge on any atom is -0.370 e. The maximum Gasteiger partial charge on any atom is 0.416 e. The highest BCUT2D eigenvalue weighted by Gasteiger charge is 2.32. The van der Waals surface area contributed by atoms with E-state index < -0.39 is 17.6 Å². The number of hydrogen-bond acceptors (Lipinski definition) is 3. The molecule has 2 aromatic carbocycles. The van der Waals surface area contributed by atoms with Crippen LogP contribution in [-0.2, 0) is 23.8 Å². The molecule has 1 aliphatic carbocycles. The highest BCUT2D eigenvalue weighted by Crippen LogP contribution is 2.36. The zero-order chi connectivity index (χ0) is 22.7. The van der Waals surface area contributed by atoms with E-state index in [1.54, 1.807) is 0 Å². The molecule has 2 aromatic rings. The summed E-state index contributed by atoms with van der Waals surface area (Å²) in [5, 5.41) is 2.62. The van der Waals surface area contributed by atoms with E-state index in [-0.39, 0.29) is 24.3 Å². The quantitative estimate of drug-likeness (QED) is 0.574. The predicted molar refractivity (Wildman–Crippen MR) is 118 cm³/mol. The number of nitrogens with zero attached hydrogens (tertiary/aromatic N) is 1. The van der Waals surface area contributed by atoms with Crippen molar-refractivity contribution in [1.29, 1.82) is 0 Å². The summed E-state index contributed by atoms with van der Waals surface area (Å²) in [7, 11) is 0. The summed E-state index contributed by atoms with van der Waals surface area (Å²) in [5.74, 6) is -0.589. The molecule has 170 valence electrons. The maximum atomic E-state index is 13.2. The molecule has 0 aromatic heterocycles. The third-order valence-electron chi connectivity index (χ3n) is 6.29. The number of fused-ring (bicyclic) bond motifs is 1. The fourth-order valence-corrected chi connectivity index (χ4v) is 4.54. The van der Waals surface area contributed by atoms with E-state index in [4.69, 9.17) is 0 Å². The van der Waals surface area contributed by atoms with E-state index >= 15 is 0 Å². The van der Waals surface area contributed by atoms with E-state index in [2.05, 4.69) is 5.32 Å². The van der Waals surface area contributed by atoms with E-state index in [0.717, 1.165) is 63.7 Å². The summed E-state index contributed by atoms with van der Waals surface area (Å²) in [4.78, 5) is 27.1. The number of alkyl halides is 3. The predicted octanol–water partition coefficient (Wildman–Crippen LogP) is 5.79. The van der Waals surface area contributed by atoms with Gasteiger partial charge in [0.2, 0.25) is 5.91 Å². The molecule has 1 heterocycles. The van der Waals surface area contributed by atoms with Crippen molar-refractivity contribution in [3.8, 4) is 0 Å². The Morgan fingerprint density at radius 3 is 2.31 bits per heavy atom. The SMILES string of the molecule is O=C(CCC(=O)c1ccc2c(c1)CCCC2)Nc1cc(C(F)(F)F)ccc1N1CCCC1. The molecule has 0 unspecified atom stereocenters. The fraction of sp³-hybridized carbons (Fsp3) is 0.440. The molecule has 1 aliphatic heterocycles. The van der Waals surface area contributed by atoms with Crippen molar-refractivity contribution in [2.75, 3.05) is 23.3 Å². The van der Waals surface area contributed by atoms with Crippen LogP contribution in [0.4, 0.5) is 24.5 Å². The van der Waals surface area contributed by atoms with Gasteiger partial charge in [-0.15, -0.1) is 0 Å². The van der Waals surface area contributed by atoms with Gasteiger partial charge in [-0.25, -0.2) is 0 Å². The number of ketones is 1. The molecule has 1 amide bonds. The molecule has 7 heteroatoms. The lowest BCUT2D eigenvalue weighted by molar-refractivity contribution is -0.137. The highest BCUT2D eigenvalue weighted by atomic mass is 19.4. The lowest BCUT2D eigenvalue weighted by atomic mass is 9.89. The van der Waals surface area contributed by atoms with Crippen molar-refractivity contribution in [1.82, 2.24) is 0 Å². The fourth-order valence-electron chi connectivity index (χ4n) is 4.54. The number of benzene rings is 2. The van der Waals surface area contributed by atoms with Gasteiger partial charge in [0.25, 0.3) is 0 Å². The van der Waals surface area contributed by atoms with Crippen LogP contribution < -0.4 is 10.2 Å². The number of anilines is 2. The van der Waals surface area contributed by atoms with Crippen LogP contribution in [-0.4, -0.2) is 24.8 Å². The Morgan fingerprint density at radius 1 is 0.875 bits per heavy atom. The summed E-state index contributed by atoms with van der Waals surface area (Å²) in [5.41, 5.74) is 3.00. The van der Waals surface area contributed by atoms with Crippen LogP contribution in [0.15, 0.2) is 36.4 Å². The number of Topliss-reactive ketones (excluding diaryl/α,β-unsaturated/α-hetero) is 1. The third kappa shape index (κ3) is 5.14. The number of carbonyl (C=O) groups excluding carboxylic acids is 2. The van der Waals surface area contributed by atoms with Gasteiger partial charge in [0.05, 0.1) is 16.9 Å². The summed E-state index contributed by atoms with van der Waals surface area (Å²) in [6.07, 6.45) is 1.64. The van der Waals surface area contributed by atoms with Crippen LogP contribution in [0.2, 0.25) is 0 Å². The molecule has 2 aliphatic rings. The van der Waals surface area contributed by atoms with Crippen LogP contribution >= 0.6 is 0 Å². The van der Waals surface area contributed by atoms with Gasteiger partial charge < -0.3 is 10.2 Å². The number of amides is 1. The van der Waals surface area contributed by atoms with Gasteiger partial charge in [-0.3, -0.25) is 9.59 Å². The van der Waals surface area contributed by atoms with E-state index in [1.807, 2.05) is 23.1 Å². The van der Waals surface area contributed by atoms with Crippen LogP contribution in [0.1, 0.15) is 65.6 Å². The Bertz CT molecular complexity index is 1010. The number of carbonyl (C=O) groups is 2. The van der Waals surface area contributed by atoms with Crippen LogP contribution in [0, 0.1) is 0 Å². The van der Waals surface area contributed by atoms with Gasteiger partial charge >= 0.3 is 6.18 Å². The Balaban J connectivity index is 1.43. The average molecular weight is 444 g/mol. The molecule has 1 fully saturated rings. The van der Waals surface area contributed by atoms with Gasteiger partial charge in [0.15, 0.2) is 5.78 Å². The van der Waals surface area contributed by atoms with Gasteiger partial charge in [-0.1, -0.05) is 12.1 Å². The van der Waals surface area contributed by atoms with Gasteiger partial charge in [-0.05, 0) is 73.9 Å². The van der Waals surface area contributed by atoms with E-state index in [1.165, 1.54) is 17.2 Å². The van der Waals surface area contributed by atoms with Crippen molar-refractivity contribution >= 4 is 23.1 Å². The molecule has 4 nitrogen and oxygen atoms in total. The first-order valence-electron chi connectivity index (χ1n) is 11.2. The normalized spacial score (nSPS) is 16.0. The van der Waals surface area contributed by atoms with Gasteiger partial charge in [0.1, 0.15) is 0 Å². The van der Waals surface area contributed by atoms with Crippen LogP contribution in [0.3, 0.4) is 0 Å². The van der Waals surface area contributed by atoms with Crippen molar-refractivity contribution in [2.45, 2.75) is 57.5 Å². The lowest BCUT2D eigenvalue weighted by Gasteiger charge is -2.23.